The smallest absolute Gasteiger partial charge is 0.310 e. The lowest BCUT2D eigenvalue weighted by molar-refractivity contribution is -0.384. The largest absolute Gasteiger partial charge is 0.369 e. The summed E-state index contributed by atoms with van der Waals surface area (Å²) >= 11 is 5.93. The summed E-state index contributed by atoms with van der Waals surface area (Å²) < 4.78 is 0. The molecule has 0 bridgehead atoms. The van der Waals surface area contributed by atoms with Gasteiger partial charge in [0.2, 0.25) is 0 Å². The minimum atomic E-state index is -0.409. The summed E-state index contributed by atoms with van der Waals surface area (Å²) in [5, 5.41) is 14.7. The van der Waals surface area contributed by atoms with Gasteiger partial charge in [-0.25, -0.2) is 0 Å². The molecule has 0 aliphatic carbocycles. The van der Waals surface area contributed by atoms with Gasteiger partial charge in [-0.1, -0.05) is 17.7 Å². The SMILES string of the molecule is CN(CC1CCCNC1)c1cccc(Cl)c1[N+](=O)[O-]. The third-order valence-electron chi connectivity index (χ3n) is 3.49. The maximum atomic E-state index is 11.1. The maximum absolute atomic E-state index is 11.1. The number of rotatable bonds is 4. The fourth-order valence-corrected chi connectivity index (χ4v) is 2.80. The zero-order chi connectivity index (χ0) is 13.8. The molecule has 0 saturated carbocycles. The van der Waals surface area contributed by atoms with E-state index in [1.54, 1.807) is 18.2 Å². The Kier molecular flexibility index (Phi) is 4.61. The molecule has 1 aliphatic heterocycles. The molecule has 1 aromatic rings. The van der Waals surface area contributed by atoms with Crippen LogP contribution in [-0.2, 0) is 0 Å². The van der Waals surface area contributed by atoms with Gasteiger partial charge in [0.05, 0.1) is 4.92 Å². The van der Waals surface area contributed by atoms with E-state index in [-0.39, 0.29) is 10.7 Å². The van der Waals surface area contributed by atoms with Crippen molar-refractivity contribution in [1.82, 2.24) is 5.32 Å². The van der Waals surface area contributed by atoms with Crippen LogP contribution >= 0.6 is 11.6 Å². The van der Waals surface area contributed by atoms with Crippen molar-refractivity contribution in [2.45, 2.75) is 12.8 Å². The lowest BCUT2D eigenvalue weighted by Gasteiger charge is -2.28. The molecule has 1 N–H and O–H groups in total. The first-order valence-corrected chi connectivity index (χ1v) is 6.82. The highest BCUT2D eigenvalue weighted by Gasteiger charge is 2.23. The number of nitrogens with zero attached hydrogens (tertiary/aromatic N) is 2. The van der Waals surface area contributed by atoms with Crippen molar-refractivity contribution in [1.29, 1.82) is 0 Å². The number of para-hydroxylation sites is 1. The number of nitrogens with one attached hydrogen (secondary N) is 1. The van der Waals surface area contributed by atoms with Crippen LogP contribution in [0.4, 0.5) is 11.4 Å². The summed E-state index contributed by atoms with van der Waals surface area (Å²) in [7, 11) is 1.88. The van der Waals surface area contributed by atoms with Gasteiger partial charge in [0, 0.05) is 13.6 Å². The van der Waals surface area contributed by atoms with E-state index in [4.69, 9.17) is 11.6 Å². The lowest BCUT2D eigenvalue weighted by Crippen LogP contribution is -2.37. The summed E-state index contributed by atoms with van der Waals surface area (Å²) in [6.45, 7) is 2.84. The Balaban J connectivity index is 2.16. The Hall–Kier alpha value is -1.33. The Morgan fingerprint density at radius 2 is 2.37 bits per heavy atom. The molecule has 0 spiro atoms. The fraction of sp³-hybridized carbons (Fsp3) is 0.538. The van der Waals surface area contributed by atoms with E-state index in [0.29, 0.717) is 11.6 Å². The molecule has 1 aromatic carbocycles. The van der Waals surface area contributed by atoms with Crippen molar-refractivity contribution in [2.75, 3.05) is 31.6 Å². The second-order valence-electron chi connectivity index (χ2n) is 4.96. The maximum Gasteiger partial charge on any atom is 0.310 e. The summed E-state index contributed by atoms with van der Waals surface area (Å²) in [5.74, 6) is 0.525. The molecule has 1 unspecified atom stereocenters. The minimum absolute atomic E-state index is 0.00423. The van der Waals surface area contributed by atoms with Crippen molar-refractivity contribution in [3.63, 3.8) is 0 Å². The minimum Gasteiger partial charge on any atom is -0.369 e. The molecular formula is C13H18ClN3O2. The fourth-order valence-electron chi connectivity index (χ4n) is 2.56. The zero-order valence-electron chi connectivity index (χ0n) is 10.9. The summed E-state index contributed by atoms with van der Waals surface area (Å²) in [6, 6.07) is 5.06. The summed E-state index contributed by atoms with van der Waals surface area (Å²) in [6.07, 6.45) is 2.32. The molecule has 19 heavy (non-hydrogen) atoms. The Morgan fingerprint density at radius 1 is 1.58 bits per heavy atom. The number of nitro groups is 1. The Bertz CT molecular complexity index is 461. The van der Waals surface area contributed by atoms with E-state index in [1.165, 1.54) is 0 Å². The van der Waals surface area contributed by atoms with E-state index in [0.717, 1.165) is 32.5 Å². The first-order valence-electron chi connectivity index (χ1n) is 6.44. The molecule has 0 amide bonds. The van der Waals surface area contributed by atoms with Crippen LogP contribution in [0.1, 0.15) is 12.8 Å². The third-order valence-corrected chi connectivity index (χ3v) is 3.80. The molecule has 1 heterocycles. The van der Waals surface area contributed by atoms with Crippen LogP contribution in [0.2, 0.25) is 5.02 Å². The molecular weight excluding hydrogens is 266 g/mol. The number of hydrogen-bond acceptors (Lipinski definition) is 4. The van der Waals surface area contributed by atoms with E-state index in [9.17, 15) is 10.1 Å². The van der Waals surface area contributed by atoms with E-state index >= 15 is 0 Å². The van der Waals surface area contributed by atoms with Crippen molar-refractivity contribution >= 4 is 23.0 Å². The molecule has 1 atom stereocenters. The average Bonchev–Trinajstić information content (AvgIpc) is 2.39. The predicted molar refractivity (Wildman–Crippen MR) is 77.0 cm³/mol. The van der Waals surface area contributed by atoms with Crippen LogP contribution in [0.15, 0.2) is 18.2 Å². The summed E-state index contributed by atoms with van der Waals surface area (Å²) in [4.78, 5) is 12.6. The standard InChI is InChI=1S/C13H18ClN3O2/c1-16(9-10-4-3-7-15-8-10)12-6-2-5-11(14)13(12)17(18)19/h2,5-6,10,15H,3-4,7-9H2,1H3. The first kappa shape index (κ1) is 14.1. The van der Waals surface area contributed by atoms with E-state index in [1.807, 2.05) is 11.9 Å². The van der Waals surface area contributed by atoms with E-state index < -0.39 is 4.92 Å². The molecule has 6 heteroatoms. The van der Waals surface area contributed by atoms with Crippen molar-refractivity contribution in [3.8, 4) is 0 Å². The van der Waals surface area contributed by atoms with Gasteiger partial charge in [-0.05, 0) is 44.0 Å². The number of benzene rings is 1. The monoisotopic (exact) mass is 283 g/mol. The second kappa shape index (κ2) is 6.21. The molecule has 104 valence electrons. The second-order valence-corrected chi connectivity index (χ2v) is 5.36. The number of hydrogen-bond donors (Lipinski definition) is 1. The van der Waals surface area contributed by atoms with E-state index in [2.05, 4.69) is 5.32 Å². The number of nitro benzene ring substituents is 1. The van der Waals surface area contributed by atoms with Gasteiger partial charge in [-0.15, -0.1) is 0 Å². The van der Waals surface area contributed by atoms with Crippen LogP contribution in [0, 0.1) is 16.0 Å². The van der Waals surface area contributed by atoms with Crippen LogP contribution in [0.5, 0.6) is 0 Å². The Morgan fingerprint density at radius 3 is 3.00 bits per heavy atom. The number of halogens is 1. The van der Waals surface area contributed by atoms with Gasteiger partial charge >= 0.3 is 5.69 Å². The average molecular weight is 284 g/mol. The topological polar surface area (TPSA) is 58.4 Å². The van der Waals surface area contributed by atoms with Gasteiger partial charge in [0.1, 0.15) is 10.7 Å². The molecule has 1 saturated heterocycles. The van der Waals surface area contributed by atoms with Crippen LogP contribution in [0.25, 0.3) is 0 Å². The van der Waals surface area contributed by atoms with Gasteiger partial charge in [-0.3, -0.25) is 10.1 Å². The quantitative estimate of drug-likeness (QED) is 0.682. The molecule has 0 radical (unpaired) electrons. The van der Waals surface area contributed by atoms with Crippen molar-refractivity contribution in [3.05, 3.63) is 33.3 Å². The van der Waals surface area contributed by atoms with Gasteiger partial charge < -0.3 is 10.2 Å². The molecule has 2 rings (SSSR count). The summed E-state index contributed by atoms with van der Waals surface area (Å²) in [5.41, 5.74) is 0.582. The highest BCUT2D eigenvalue weighted by atomic mass is 35.5. The molecule has 0 aromatic heterocycles. The highest BCUT2D eigenvalue weighted by molar-refractivity contribution is 6.33. The van der Waals surface area contributed by atoms with Gasteiger partial charge in [0.25, 0.3) is 0 Å². The van der Waals surface area contributed by atoms with Crippen LogP contribution in [-0.4, -0.2) is 31.6 Å². The third kappa shape index (κ3) is 3.36. The molecule has 1 aliphatic rings. The van der Waals surface area contributed by atoms with Crippen LogP contribution < -0.4 is 10.2 Å². The number of piperidine rings is 1. The molecule has 1 fully saturated rings. The first-order chi connectivity index (χ1) is 9.09. The number of anilines is 1. The zero-order valence-corrected chi connectivity index (χ0v) is 11.7. The van der Waals surface area contributed by atoms with Gasteiger partial charge in [0.15, 0.2) is 0 Å². The Labute approximate surface area is 117 Å². The normalized spacial score (nSPS) is 19.2. The van der Waals surface area contributed by atoms with Crippen molar-refractivity contribution in [2.24, 2.45) is 5.92 Å². The van der Waals surface area contributed by atoms with Crippen molar-refractivity contribution < 1.29 is 4.92 Å². The van der Waals surface area contributed by atoms with Gasteiger partial charge in [-0.2, -0.15) is 0 Å². The van der Waals surface area contributed by atoms with Crippen LogP contribution in [0.3, 0.4) is 0 Å². The predicted octanol–water partition coefficient (Wildman–Crippen LogP) is 2.68. The highest BCUT2D eigenvalue weighted by Crippen LogP contribution is 2.34. The lowest BCUT2D eigenvalue weighted by atomic mass is 9.99. The molecule has 5 nitrogen and oxygen atoms in total.